The predicted molar refractivity (Wildman–Crippen MR) is 117 cm³/mol. The summed E-state index contributed by atoms with van der Waals surface area (Å²) in [7, 11) is -1.74. The van der Waals surface area contributed by atoms with Crippen LogP contribution in [-0.2, 0) is 11.0 Å². The molecule has 0 saturated heterocycles. The lowest BCUT2D eigenvalue weighted by atomic mass is 10.2. The highest BCUT2D eigenvalue weighted by Gasteiger charge is 2.36. The lowest BCUT2D eigenvalue weighted by Gasteiger charge is -2.36. The van der Waals surface area contributed by atoms with Crippen LogP contribution in [-0.4, -0.2) is 40.2 Å². The highest BCUT2D eigenvalue weighted by atomic mass is 28.4. The van der Waals surface area contributed by atoms with Gasteiger partial charge in [0, 0.05) is 30.9 Å². The zero-order valence-electron chi connectivity index (χ0n) is 17.8. The van der Waals surface area contributed by atoms with E-state index in [0.29, 0.717) is 12.3 Å². The number of nitrogens with zero attached hydrogens (tertiary/aromatic N) is 4. The van der Waals surface area contributed by atoms with Crippen LogP contribution in [0.2, 0.25) is 18.1 Å². The van der Waals surface area contributed by atoms with Gasteiger partial charge in [-0.15, -0.1) is 0 Å². The Labute approximate surface area is 172 Å². The van der Waals surface area contributed by atoms with E-state index in [1.54, 1.807) is 18.3 Å². The van der Waals surface area contributed by atoms with Gasteiger partial charge in [0.05, 0.1) is 11.9 Å². The molecule has 3 heterocycles. The van der Waals surface area contributed by atoms with Gasteiger partial charge in [-0.3, -0.25) is 9.78 Å². The summed E-state index contributed by atoms with van der Waals surface area (Å²) in [4.78, 5) is 25.4. The second-order valence-electron chi connectivity index (χ2n) is 8.75. The Morgan fingerprint density at radius 2 is 1.93 bits per heavy atom. The molecule has 3 rings (SSSR count). The fraction of sp³-hybridized carbons (Fsp3) is 0.429. The molecule has 0 bridgehead atoms. The second kappa shape index (κ2) is 8.04. The lowest BCUT2D eigenvalue weighted by Crippen LogP contribution is -2.41. The highest BCUT2D eigenvalue weighted by Crippen LogP contribution is 2.36. The number of aromatic nitrogens is 4. The summed E-state index contributed by atoms with van der Waals surface area (Å²) >= 11 is 0. The van der Waals surface area contributed by atoms with Crippen molar-refractivity contribution in [3.63, 3.8) is 0 Å². The van der Waals surface area contributed by atoms with E-state index in [1.165, 1.54) is 6.20 Å². The minimum Gasteiger partial charge on any atom is -0.417 e. The Bertz CT molecular complexity index is 1010. The summed E-state index contributed by atoms with van der Waals surface area (Å²) in [6.07, 6.45) is 5.98. The number of nitrogen functional groups attached to an aromatic ring is 1. The van der Waals surface area contributed by atoms with E-state index in [1.807, 2.05) is 16.8 Å². The van der Waals surface area contributed by atoms with Crippen LogP contribution < -0.4 is 5.73 Å². The van der Waals surface area contributed by atoms with Gasteiger partial charge in [-0.25, -0.2) is 9.97 Å². The van der Waals surface area contributed by atoms with Crippen molar-refractivity contribution in [3.8, 4) is 0 Å². The average molecular weight is 412 g/mol. The Morgan fingerprint density at radius 1 is 1.17 bits per heavy atom. The molecule has 8 heteroatoms. The van der Waals surface area contributed by atoms with Crippen LogP contribution in [0.4, 0.5) is 5.69 Å². The predicted octanol–water partition coefficient (Wildman–Crippen LogP) is 4.05. The molecule has 7 nitrogen and oxygen atoms in total. The molecular weight excluding hydrogens is 382 g/mol. The van der Waals surface area contributed by atoms with E-state index in [0.717, 1.165) is 24.0 Å². The number of pyridine rings is 1. The number of hydrogen-bond acceptors (Lipinski definition) is 6. The van der Waals surface area contributed by atoms with Crippen LogP contribution >= 0.6 is 0 Å². The highest BCUT2D eigenvalue weighted by molar-refractivity contribution is 6.74. The quantitative estimate of drug-likeness (QED) is 0.358. The maximum atomic E-state index is 12.6. The van der Waals surface area contributed by atoms with E-state index in [2.05, 4.69) is 48.8 Å². The number of fused-ring (bicyclic) bond motifs is 1. The standard InChI is InChI=1S/C21H29N5O2Si/c1-21(2,3)29(4,5)28-12-6-10-26-11-9-15-13-24-19(25-20(15)26)18(27)17-8-7-16(22)14-23-17/h7-9,11,13-14H,6,10,12,22H2,1-5H3. The van der Waals surface area contributed by atoms with E-state index < -0.39 is 8.32 Å². The Kier molecular flexibility index (Phi) is 5.86. The molecular formula is C21H29N5O2Si. The smallest absolute Gasteiger partial charge is 0.248 e. The third-order valence-electron chi connectivity index (χ3n) is 5.54. The summed E-state index contributed by atoms with van der Waals surface area (Å²) in [5.41, 5.74) is 7.16. The number of hydrogen-bond donors (Lipinski definition) is 1. The number of anilines is 1. The van der Waals surface area contributed by atoms with Crippen molar-refractivity contribution in [2.45, 2.75) is 51.9 Å². The Morgan fingerprint density at radius 3 is 2.59 bits per heavy atom. The van der Waals surface area contributed by atoms with Crippen molar-refractivity contribution in [2.75, 3.05) is 12.3 Å². The van der Waals surface area contributed by atoms with Crippen LogP contribution in [0.1, 0.15) is 43.5 Å². The summed E-state index contributed by atoms with van der Waals surface area (Å²) in [6.45, 7) is 12.7. The van der Waals surface area contributed by atoms with Gasteiger partial charge in [-0.2, -0.15) is 0 Å². The van der Waals surface area contributed by atoms with Gasteiger partial charge in [-0.05, 0) is 42.8 Å². The molecule has 0 radical (unpaired) electrons. The number of ketones is 1. The van der Waals surface area contributed by atoms with Gasteiger partial charge in [0.1, 0.15) is 11.3 Å². The number of carbonyl (C=O) groups is 1. The first-order valence-electron chi connectivity index (χ1n) is 9.80. The molecule has 0 spiro atoms. The summed E-state index contributed by atoms with van der Waals surface area (Å²) in [6, 6.07) is 5.19. The van der Waals surface area contributed by atoms with Crippen LogP contribution in [0.3, 0.4) is 0 Å². The maximum Gasteiger partial charge on any atom is 0.248 e. The largest absolute Gasteiger partial charge is 0.417 e. The van der Waals surface area contributed by atoms with Crippen LogP contribution in [0, 0.1) is 0 Å². The van der Waals surface area contributed by atoms with Crippen LogP contribution in [0.25, 0.3) is 11.0 Å². The van der Waals surface area contributed by atoms with Crippen molar-refractivity contribution in [1.29, 1.82) is 0 Å². The molecule has 3 aromatic heterocycles. The van der Waals surface area contributed by atoms with E-state index in [-0.39, 0.29) is 22.3 Å². The molecule has 154 valence electrons. The first-order chi connectivity index (χ1) is 13.6. The Hall–Kier alpha value is -2.58. The molecule has 0 aromatic carbocycles. The average Bonchev–Trinajstić information content (AvgIpc) is 3.06. The van der Waals surface area contributed by atoms with Crippen molar-refractivity contribution in [3.05, 3.63) is 48.3 Å². The molecule has 0 atom stereocenters. The molecule has 0 fully saturated rings. The van der Waals surface area contributed by atoms with E-state index in [9.17, 15) is 4.79 Å². The summed E-state index contributed by atoms with van der Waals surface area (Å²) in [5, 5.41) is 1.10. The Balaban J connectivity index is 1.71. The minimum absolute atomic E-state index is 0.132. The molecule has 0 unspecified atom stereocenters. The van der Waals surface area contributed by atoms with Gasteiger partial charge in [0.15, 0.2) is 8.32 Å². The van der Waals surface area contributed by atoms with Gasteiger partial charge >= 0.3 is 0 Å². The molecule has 0 aliphatic heterocycles. The number of rotatable bonds is 7. The normalized spacial score (nSPS) is 12.4. The van der Waals surface area contributed by atoms with Gasteiger partial charge in [-0.1, -0.05) is 20.8 Å². The van der Waals surface area contributed by atoms with E-state index in [4.69, 9.17) is 10.2 Å². The first-order valence-corrected chi connectivity index (χ1v) is 12.7. The summed E-state index contributed by atoms with van der Waals surface area (Å²) < 4.78 is 8.29. The van der Waals surface area contributed by atoms with Crippen molar-refractivity contribution >= 4 is 30.8 Å². The fourth-order valence-electron chi connectivity index (χ4n) is 2.69. The first kappa shape index (κ1) is 21.1. The number of carbonyl (C=O) groups excluding carboxylic acids is 1. The number of nitrogens with two attached hydrogens (primary N) is 1. The molecule has 2 N–H and O–H groups in total. The van der Waals surface area contributed by atoms with Crippen molar-refractivity contribution in [1.82, 2.24) is 19.5 Å². The molecule has 29 heavy (non-hydrogen) atoms. The van der Waals surface area contributed by atoms with Crippen LogP contribution in [0.5, 0.6) is 0 Å². The maximum absolute atomic E-state index is 12.6. The van der Waals surface area contributed by atoms with Gasteiger partial charge < -0.3 is 14.7 Å². The van der Waals surface area contributed by atoms with Gasteiger partial charge in [0.2, 0.25) is 11.6 Å². The van der Waals surface area contributed by atoms with E-state index >= 15 is 0 Å². The monoisotopic (exact) mass is 411 g/mol. The van der Waals surface area contributed by atoms with Gasteiger partial charge in [0.25, 0.3) is 0 Å². The molecule has 3 aromatic rings. The lowest BCUT2D eigenvalue weighted by molar-refractivity contribution is 0.102. The molecule has 0 aliphatic rings. The zero-order chi connectivity index (χ0) is 21.2. The topological polar surface area (TPSA) is 95.9 Å². The van der Waals surface area contributed by atoms with Crippen molar-refractivity contribution in [2.24, 2.45) is 0 Å². The molecule has 0 saturated carbocycles. The minimum atomic E-state index is -1.74. The second-order valence-corrected chi connectivity index (χ2v) is 13.6. The third kappa shape index (κ3) is 4.71. The molecule has 0 aliphatic carbocycles. The summed E-state index contributed by atoms with van der Waals surface area (Å²) in [5.74, 6) is -0.187. The van der Waals surface area contributed by atoms with Crippen molar-refractivity contribution < 1.29 is 9.22 Å². The fourth-order valence-corrected chi connectivity index (χ4v) is 3.78. The SMILES string of the molecule is CC(C)(C)[Si](C)(C)OCCCn1ccc2cnc(C(=O)c3ccc(N)cn3)nc21. The third-order valence-corrected chi connectivity index (χ3v) is 10.1. The zero-order valence-corrected chi connectivity index (χ0v) is 18.8. The number of aryl methyl sites for hydroxylation is 1. The van der Waals surface area contributed by atoms with Crippen LogP contribution in [0.15, 0.2) is 36.8 Å². The molecule has 0 amide bonds.